The number of imidazole rings is 1. The largest absolute Gasteiger partial charge is 0.321 e. The van der Waals surface area contributed by atoms with Crippen molar-refractivity contribution < 1.29 is 0 Å². The molecular weight excluding hydrogens is 304 g/mol. The van der Waals surface area contributed by atoms with Gasteiger partial charge in [-0.25, -0.2) is 4.98 Å². The van der Waals surface area contributed by atoms with Gasteiger partial charge < -0.3 is 4.57 Å². The summed E-state index contributed by atoms with van der Waals surface area (Å²) in [5, 5.41) is 18.9. The number of hydrogen-bond acceptors (Lipinski definition) is 3. The van der Waals surface area contributed by atoms with E-state index in [0.29, 0.717) is 5.69 Å². The van der Waals surface area contributed by atoms with E-state index < -0.39 is 0 Å². The van der Waals surface area contributed by atoms with Crippen LogP contribution in [0.5, 0.6) is 0 Å². The predicted octanol–water partition coefficient (Wildman–Crippen LogP) is 3.75. The summed E-state index contributed by atoms with van der Waals surface area (Å²) in [5.74, 6) is 0. The van der Waals surface area contributed by atoms with E-state index in [9.17, 15) is 0 Å². The van der Waals surface area contributed by atoms with Gasteiger partial charge in [0.05, 0.1) is 6.33 Å². The lowest BCUT2D eigenvalue weighted by atomic mass is 10.1. The molecule has 0 aromatic carbocycles. The Labute approximate surface area is 123 Å². The molecule has 0 bridgehead atoms. The number of alkyl halides is 1. The molecule has 1 rings (SSSR count). The summed E-state index contributed by atoms with van der Waals surface area (Å²) in [7, 11) is 0. The van der Waals surface area contributed by atoms with E-state index >= 15 is 0 Å². The number of halogens is 1. The number of rotatable bonds is 9. The average Bonchev–Trinajstić information content (AvgIpc) is 2.83. The zero-order valence-electron chi connectivity index (χ0n) is 11.1. The molecule has 4 nitrogen and oxygen atoms in total. The zero-order valence-corrected chi connectivity index (χ0v) is 12.7. The van der Waals surface area contributed by atoms with Crippen LogP contribution in [0.1, 0.15) is 56.3 Å². The zero-order chi connectivity index (χ0) is 13.9. The first-order chi connectivity index (χ1) is 9.33. The monoisotopic (exact) mass is 322 g/mol. The number of aryl methyl sites for hydroxylation is 1. The normalized spacial score (nSPS) is 10.1. The van der Waals surface area contributed by atoms with Crippen LogP contribution in [0.3, 0.4) is 0 Å². The molecule has 0 aliphatic carbocycles. The van der Waals surface area contributed by atoms with Crippen molar-refractivity contribution in [3.8, 4) is 12.1 Å². The van der Waals surface area contributed by atoms with Crippen LogP contribution in [-0.4, -0.2) is 14.9 Å². The summed E-state index contributed by atoms with van der Waals surface area (Å²) in [6.07, 6.45) is 10.2. The Morgan fingerprint density at radius 3 is 2.21 bits per heavy atom. The van der Waals surface area contributed by atoms with E-state index in [-0.39, 0.29) is 5.69 Å². The van der Waals surface area contributed by atoms with Gasteiger partial charge >= 0.3 is 0 Å². The number of nitrogens with zero attached hydrogens (tertiary/aromatic N) is 4. The van der Waals surface area contributed by atoms with Crippen molar-refractivity contribution in [3.05, 3.63) is 17.7 Å². The fourth-order valence-corrected chi connectivity index (χ4v) is 2.41. The molecule has 19 heavy (non-hydrogen) atoms. The molecule has 0 unspecified atom stereocenters. The van der Waals surface area contributed by atoms with Gasteiger partial charge in [-0.05, 0) is 12.8 Å². The molecule has 0 aliphatic heterocycles. The molecule has 1 aromatic heterocycles. The van der Waals surface area contributed by atoms with Crippen LogP contribution in [0, 0.1) is 22.7 Å². The maximum absolute atomic E-state index is 8.98. The van der Waals surface area contributed by atoms with Crippen molar-refractivity contribution in [1.29, 1.82) is 10.5 Å². The minimum atomic E-state index is 0.234. The Kier molecular flexibility index (Phi) is 7.93. The summed E-state index contributed by atoms with van der Waals surface area (Å²) in [4.78, 5) is 3.93. The van der Waals surface area contributed by atoms with Crippen LogP contribution in [0.2, 0.25) is 0 Å². The van der Waals surface area contributed by atoms with E-state index in [4.69, 9.17) is 10.5 Å². The predicted molar refractivity (Wildman–Crippen MR) is 77.8 cm³/mol. The van der Waals surface area contributed by atoms with Gasteiger partial charge in [0, 0.05) is 11.9 Å². The van der Waals surface area contributed by atoms with E-state index in [1.165, 1.54) is 38.5 Å². The van der Waals surface area contributed by atoms with Crippen LogP contribution in [-0.2, 0) is 6.54 Å². The summed E-state index contributed by atoms with van der Waals surface area (Å²) in [5.41, 5.74) is 0.622. The lowest BCUT2D eigenvalue weighted by Crippen LogP contribution is -2.00. The van der Waals surface area contributed by atoms with Gasteiger partial charge in [-0.2, -0.15) is 10.5 Å². The third kappa shape index (κ3) is 5.44. The lowest BCUT2D eigenvalue weighted by Gasteiger charge is -2.04. The summed E-state index contributed by atoms with van der Waals surface area (Å²) in [6.45, 7) is 0.777. The molecule has 0 aliphatic rings. The number of unbranched alkanes of at least 4 members (excludes halogenated alkanes) is 6. The molecule has 0 N–H and O–H groups in total. The maximum atomic E-state index is 8.98. The van der Waals surface area contributed by atoms with Crippen LogP contribution >= 0.6 is 15.9 Å². The topological polar surface area (TPSA) is 65.4 Å². The fourth-order valence-electron chi connectivity index (χ4n) is 2.01. The minimum absolute atomic E-state index is 0.234. The minimum Gasteiger partial charge on any atom is -0.321 e. The average molecular weight is 323 g/mol. The Bertz CT molecular complexity index is 453. The van der Waals surface area contributed by atoms with E-state index in [1.807, 2.05) is 12.1 Å². The van der Waals surface area contributed by atoms with Gasteiger partial charge in [0.25, 0.3) is 0 Å². The van der Waals surface area contributed by atoms with E-state index in [0.717, 1.165) is 18.3 Å². The summed E-state index contributed by atoms with van der Waals surface area (Å²) >= 11 is 3.43. The van der Waals surface area contributed by atoms with Gasteiger partial charge in [-0.3, -0.25) is 0 Å². The highest BCUT2D eigenvalue weighted by Gasteiger charge is 2.08. The van der Waals surface area contributed by atoms with Gasteiger partial charge in [0.1, 0.15) is 12.1 Å². The molecule has 1 heterocycles. The molecule has 102 valence electrons. The SMILES string of the molecule is N#Cc1ncn(CCCCCCCCCBr)c1C#N. The van der Waals surface area contributed by atoms with E-state index in [2.05, 4.69) is 20.9 Å². The third-order valence-electron chi connectivity index (χ3n) is 3.08. The number of nitriles is 2. The highest BCUT2D eigenvalue weighted by Crippen LogP contribution is 2.11. The van der Waals surface area contributed by atoms with Crippen molar-refractivity contribution >= 4 is 15.9 Å². The first-order valence-electron chi connectivity index (χ1n) is 6.74. The van der Waals surface area contributed by atoms with E-state index in [1.54, 1.807) is 10.9 Å². The number of hydrogen-bond donors (Lipinski definition) is 0. The maximum Gasteiger partial charge on any atom is 0.176 e. The molecule has 0 spiro atoms. The lowest BCUT2D eigenvalue weighted by molar-refractivity contribution is 0.549. The quantitative estimate of drug-likeness (QED) is 0.513. The molecule has 0 saturated carbocycles. The Morgan fingerprint density at radius 1 is 1.00 bits per heavy atom. The molecule has 0 fully saturated rings. The number of aromatic nitrogens is 2. The first kappa shape index (κ1) is 15.7. The molecule has 0 saturated heterocycles. The van der Waals surface area contributed by atoms with Gasteiger partial charge in [-0.15, -0.1) is 0 Å². The standard InChI is InChI=1S/C14H19BrN4/c15-8-6-4-2-1-3-5-7-9-19-12-18-13(10-16)14(19)11-17/h12H,1-9H2. The Hall–Kier alpha value is -1.33. The van der Waals surface area contributed by atoms with Crippen molar-refractivity contribution in [2.75, 3.05) is 5.33 Å². The smallest absolute Gasteiger partial charge is 0.176 e. The van der Waals surface area contributed by atoms with Crippen LogP contribution in [0.4, 0.5) is 0 Å². The Balaban J connectivity index is 2.18. The van der Waals surface area contributed by atoms with Crippen LogP contribution in [0.15, 0.2) is 6.33 Å². The second kappa shape index (κ2) is 9.58. The van der Waals surface area contributed by atoms with Crippen molar-refractivity contribution in [3.63, 3.8) is 0 Å². The second-order valence-corrected chi connectivity index (χ2v) is 5.32. The van der Waals surface area contributed by atoms with Crippen LogP contribution < -0.4 is 0 Å². The Morgan fingerprint density at radius 2 is 1.63 bits per heavy atom. The third-order valence-corrected chi connectivity index (χ3v) is 3.64. The second-order valence-electron chi connectivity index (χ2n) is 4.52. The molecule has 0 radical (unpaired) electrons. The van der Waals surface area contributed by atoms with Crippen molar-refractivity contribution in [2.45, 2.75) is 51.5 Å². The summed E-state index contributed by atoms with van der Waals surface area (Å²) in [6, 6.07) is 3.98. The van der Waals surface area contributed by atoms with Crippen molar-refractivity contribution in [1.82, 2.24) is 9.55 Å². The fraction of sp³-hybridized carbons (Fsp3) is 0.643. The summed E-state index contributed by atoms with van der Waals surface area (Å²) < 4.78 is 1.78. The first-order valence-corrected chi connectivity index (χ1v) is 7.87. The molecule has 1 aromatic rings. The highest BCUT2D eigenvalue weighted by atomic mass is 79.9. The van der Waals surface area contributed by atoms with Gasteiger partial charge in [0.15, 0.2) is 11.4 Å². The van der Waals surface area contributed by atoms with Gasteiger partial charge in [-0.1, -0.05) is 48.0 Å². The van der Waals surface area contributed by atoms with Gasteiger partial charge in [0.2, 0.25) is 0 Å². The molecular formula is C14H19BrN4. The van der Waals surface area contributed by atoms with Crippen molar-refractivity contribution in [2.24, 2.45) is 0 Å². The van der Waals surface area contributed by atoms with Crippen LogP contribution in [0.25, 0.3) is 0 Å². The molecule has 5 heteroatoms. The molecule has 0 amide bonds. The highest BCUT2D eigenvalue weighted by molar-refractivity contribution is 9.09. The molecule has 0 atom stereocenters.